The maximum Gasteiger partial charge on any atom is 0.413 e. The lowest BCUT2D eigenvalue weighted by Gasteiger charge is -2.19. The second-order valence-corrected chi connectivity index (χ2v) is 7.32. The molecular formula is C15H17Br2N3O3. The molecule has 1 amide bonds. The Labute approximate surface area is 151 Å². The quantitative estimate of drug-likeness (QED) is 0.678. The number of amides is 1. The van der Waals surface area contributed by atoms with E-state index in [9.17, 15) is 4.79 Å². The third-order valence-electron chi connectivity index (χ3n) is 2.56. The van der Waals surface area contributed by atoms with Crippen molar-refractivity contribution in [3.63, 3.8) is 0 Å². The van der Waals surface area contributed by atoms with E-state index in [-0.39, 0.29) is 0 Å². The highest BCUT2D eigenvalue weighted by Crippen LogP contribution is 2.27. The van der Waals surface area contributed by atoms with E-state index in [1.165, 1.54) is 0 Å². The average molecular weight is 447 g/mol. The monoisotopic (exact) mass is 445 g/mol. The minimum Gasteiger partial charge on any atom is -0.451 e. The van der Waals surface area contributed by atoms with Crippen molar-refractivity contribution in [2.45, 2.75) is 32.9 Å². The van der Waals surface area contributed by atoms with Crippen molar-refractivity contribution in [3.8, 4) is 0 Å². The average Bonchev–Trinajstić information content (AvgIpc) is 2.75. The smallest absolute Gasteiger partial charge is 0.413 e. The standard InChI is InChI=1S/C15H17Br2N3O3/c1-15(2,3)23-14(21)20-12-5-4-9(7-19-12)18-8-10-6-11(16)13(17)22-10/h4-7,18H,8H2,1-3H3,(H,19,20,21). The first-order chi connectivity index (χ1) is 10.7. The van der Waals surface area contributed by atoms with Crippen LogP contribution in [0.4, 0.5) is 16.3 Å². The lowest BCUT2D eigenvalue weighted by Crippen LogP contribution is -2.27. The van der Waals surface area contributed by atoms with Crippen LogP contribution in [0.1, 0.15) is 26.5 Å². The fraction of sp³-hybridized carbons (Fsp3) is 0.333. The van der Waals surface area contributed by atoms with Crippen molar-refractivity contribution < 1.29 is 13.9 Å². The molecule has 2 heterocycles. The number of hydrogen-bond acceptors (Lipinski definition) is 5. The summed E-state index contributed by atoms with van der Waals surface area (Å²) < 4.78 is 12.2. The van der Waals surface area contributed by atoms with Crippen LogP contribution in [0.15, 0.2) is 38.0 Å². The molecule has 0 bridgehead atoms. The van der Waals surface area contributed by atoms with Crippen molar-refractivity contribution in [3.05, 3.63) is 39.3 Å². The van der Waals surface area contributed by atoms with E-state index < -0.39 is 11.7 Å². The molecule has 0 aliphatic rings. The number of ether oxygens (including phenoxy) is 1. The van der Waals surface area contributed by atoms with Gasteiger partial charge in [0.1, 0.15) is 17.2 Å². The van der Waals surface area contributed by atoms with E-state index in [1.54, 1.807) is 33.0 Å². The summed E-state index contributed by atoms with van der Waals surface area (Å²) in [7, 11) is 0. The molecule has 6 nitrogen and oxygen atoms in total. The fourth-order valence-corrected chi connectivity index (χ4v) is 2.31. The summed E-state index contributed by atoms with van der Waals surface area (Å²) >= 11 is 6.65. The lowest BCUT2D eigenvalue weighted by molar-refractivity contribution is 0.0635. The summed E-state index contributed by atoms with van der Waals surface area (Å²) in [5.41, 5.74) is 0.264. The predicted octanol–water partition coefficient (Wildman–Crippen LogP) is 5.16. The van der Waals surface area contributed by atoms with Crippen molar-refractivity contribution in [1.82, 2.24) is 4.98 Å². The molecule has 2 N–H and O–H groups in total. The van der Waals surface area contributed by atoms with Crippen LogP contribution in [-0.4, -0.2) is 16.7 Å². The first-order valence-electron chi connectivity index (χ1n) is 6.86. The molecule has 0 aliphatic heterocycles. The van der Waals surface area contributed by atoms with Gasteiger partial charge in [-0.15, -0.1) is 0 Å². The van der Waals surface area contributed by atoms with Gasteiger partial charge in [-0.05, 0) is 70.8 Å². The Kier molecular flexibility index (Phi) is 5.69. The number of anilines is 2. The van der Waals surface area contributed by atoms with Gasteiger partial charge in [-0.2, -0.15) is 0 Å². The van der Waals surface area contributed by atoms with Crippen LogP contribution in [0.25, 0.3) is 0 Å². The highest BCUT2D eigenvalue weighted by molar-refractivity contribution is 9.13. The van der Waals surface area contributed by atoms with Crippen molar-refractivity contribution in [2.75, 3.05) is 10.6 Å². The maximum atomic E-state index is 11.6. The molecule has 2 aromatic rings. The zero-order valence-electron chi connectivity index (χ0n) is 12.9. The number of aromatic nitrogens is 1. The molecule has 0 radical (unpaired) electrons. The van der Waals surface area contributed by atoms with E-state index in [4.69, 9.17) is 9.15 Å². The van der Waals surface area contributed by atoms with E-state index in [0.29, 0.717) is 17.0 Å². The van der Waals surface area contributed by atoms with Gasteiger partial charge in [-0.25, -0.2) is 9.78 Å². The minimum atomic E-state index is -0.544. The first kappa shape index (κ1) is 17.8. The topological polar surface area (TPSA) is 76.4 Å². The summed E-state index contributed by atoms with van der Waals surface area (Å²) in [5.74, 6) is 1.20. The van der Waals surface area contributed by atoms with Gasteiger partial charge in [0, 0.05) is 0 Å². The summed E-state index contributed by atoms with van der Waals surface area (Å²) in [6.45, 7) is 5.93. The summed E-state index contributed by atoms with van der Waals surface area (Å²) in [5, 5.41) is 5.76. The third kappa shape index (κ3) is 5.87. The Hall–Kier alpha value is -1.54. The SMILES string of the molecule is CC(C)(C)OC(=O)Nc1ccc(NCc2cc(Br)c(Br)o2)cn1. The minimum absolute atomic E-state index is 0.424. The summed E-state index contributed by atoms with van der Waals surface area (Å²) in [6, 6.07) is 5.38. The number of furan rings is 1. The van der Waals surface area contributed by atoms with Crippen LogP contribution in [-0.2, 0) is 11.3 Å². The second kappa shape index (κ2) is 7.35. The molecule has 0 saturated heterocycles. The Bertz CT molecular complexity index is 659. The summed E-state index contributed by atoms with van der Waals surface area (Å²) in [4.78, 5) is 15.8. The summed E-state index contributed by atoms with van der Waals surface area (Å²) in [6.07, 6.45) is 1.09. The normalized spacial score (nSPS) is 11.2. The van der Waals surface area contributed by atoms with Crippen LogP contribution in [0.3, 0.4) is 0 Å². The van der Waals surface area contributed by atoms with Gasteiger partial charge in [-0.1, -0.05) is 0 Å². The van der Waals surface area contributed by atoms with Crippen LogP contribution in [0.2, 0.25) is 0 Å². The first-order valence-corrected chi connectivity index (χ1v) is 8.45. The molecule has 0 aromatic carbocycles. The molecule has 0 unspecified atom stereocenters. The third-order valence-corrected chi connectivity index (χ3v) is 4.27. The van der Waals surface area contributed by atoms with Gasteiger partial charge in [-0.3, -0.25) is 5.32 Å². The Balaban J connectivity index is 1.88. The number of pyridine rings is 1. The highest BCUT2D eigenvalue weighted by atomic mass is 79.9. The lowest BCUT2D eigenvalue weighted by atomic mass is 10.2. The molecule has 0 fully saturated rings. The van der Waals surface area contributed by atoms with Gasteiger partial charge in [0.25, 0.3) is 0 Å². The second-order valence-electron chi connectivity index (χ2n) is 5.75. The van der Waals surface area contributed by atoms with E-state index >= 15 is 0 Å². The van der Waals surface area contributed by atoms with Gasteiger partial charge < -0.3 is 14.5 Å². The zero-order chi connectivity index (χ0) is 17.0. The molecule has 0 atom stereocenters. The Morgan fingerprint density at radius 3 is 2.61 bits per heavy atom. The Morgan fingerprint density at radius 2 is 2.09 bits per heavy atom. The van der Waals surface area contributed by atoms with Crippen LogP contribution >= 0.6 is 31.9 Å². The molecule has 2 rings (SSSR count). The molecule has 23 heavy (non-hydrogen) atoms. The highest BCUT2D eigenvalue weighted by Gasteiger charge is 2.16. The van der Waals surface area contributed by atoms with Crippen molar-refractivity contribution in [2.24, 2.45) is 0 Å². The number of nitrogens with one attached hydrogen (secondary N) is 2. The number of carbonyl (C=O) groups excluding carboxylic acids is 1. The molecular weight excluding hydrogens is 430 g/mol. The van der Waals surface area contributed by atoms with Gasteiger partial charge >= 0.3 is 6.09 Å². The van der Waals surface area contributed by atoms with Gasteiger partial charge in [0.15, 0.2) is 4.67 Å². The van der Waals surface area contributed by atoms with Crippen LogP contribution in [0, 0.1) is 0 Å². The molecule has 8 heteroatoms. The van der Waals surface area contributed by atoms with Gasteiger partial charge in [0.2, 0.25) is 0 Å². The number of nitrogens with zero attached hydrogens (tertiary/aromatic N) is 1. The van der Waals surface area contributed by atoms with E-state index in [1.807, 2.05) is 12.1 Å². The molecule has 0 aliphatic carbocycles. The maximum absolute atomic E-state index is 11.6. The van der Waals surface area contributed by atoms with Crippen molar-refractivity contribution in [1.29, 1.82) is 0 Å². The zero-order valence-corrected chi connectivity index (χ0v) is 16.1. The van der Waals surface area contributed by atoms with Crippen molar-refractivity contribution >= 4 is 49.5 Å². The number of halogens is 2. The molecule has 0 spiro atoms. The van der Waals surface area contributed by atoms with Gasteiger partial charge in [0.05, 0.1) is 22.9 Å². The van der Waals surface area contributed by atoms with Crippen LogP contribution in [0.5, 0.6) is 0 Å². The molecule has 0 saturated carbocycles. The van der Waals surface area contributed by atoms with Crippen LogP contribution < -0.4 is 10.6 Å². The predicted molar refractivity (Wildman–Crippen MR) is 95.5 cm³/mol. The molecule has 124 valence electrons. The fourth-order valence-electron chi connectivity index (χ4n) is 1.65. The largest absolute Gasteiger partial charge is 0.451 e. The molecule has 2 aromatic heterocycles. The number of carbonyl (C=O) groups is 1. The van der Waals surface area contributed by atoms with E-state index in [0.717, 1.165) is 15.9 Å². The number of hydrogen-bond donors (Lipinski definition) is 2. The number of rotatable bonds is 4. The van der Waals surface area contributed by atoms with E-state index in [2.05, 4.69) is 47.5 Å². The Morgan fingerprint density at radius 1 is 1.35 bits per heavy atom.